The summed E-state index contributed by atoms with van der Waals surface area (Å²) in [6.07, 6.45) is 2.89. The number of benzene rings is 1. The van der Waals surface area contributed by atoms with Gasteiger partial charge in [-0.25, -0.2) is 18.6 Å². The molecule has 0 fully saturated rings. The Morgan fingerprint density at radius 1 is 1.19 bits per heavy atom. The molecule has 0 saturated carbocycles. The highest BCUT2D eigenvalue weighted by molar-refractivity contribution is 5.95. The van der Waals surface area contributed by atoms with Gasteiger partial charge in [0.1, 0.15) is 17.0 Å². The van der Waals surface area contributed by atoms with E-state index in [9.17, 15) is 13.6 Å². The number of imidazole rings is 1. The molecule has 0 bridgehead atoms. The molecule has 0 radical (unpaired) electrons. The summed E-state index contributed by atoms with van der Waals surface area (Å²) in [5.74, 6) is -3.59. The zero-order valence-corrected chi connectivity index (χ0v) is 16.3. The molecule has 10 heteroatoms. The molecule has 5 aromatic rings. The van der Waals surface area contributed by atoms with Crippen LogP contribution in [0.1, 0.15) is 28.5 Å². The molecule has 4 aromatic heterocycles. The largest absolute Gasteiger partial charge is 0.477 e. The van der Waals surface area contributed by atoms with Crippen molar-refractivity contribution in [2.45, 2.75) is 19.8 Å². The van der Waals surface area contributed by atoms with Crippen LogP contribution in [0.2, 0.25) is 0 Å². The van der Waals surface area contributed by atoms with Crippen molar-refractivity contribution in [3.8, 4) is 23.0 Å². The van der Waals surface area contributed by atoms with Gasteiger partial charge in [0.2, 0.25) is 5.82 Å². The molecule has 5 rings (SSSR count). The molecule has 0 amide bonds. The number of carbonyl (C=O) groups is 1. The van der Waals surface area contributed by atoms with E-state index in [0.717, 1.165) is 6.92 Å². The minimum Gasteiger partial charge on any atom is -0.477 e. The number of fused-ring (bicyclic) bond motifs is 2. The van der Waals surface area contributed by atoms with E-state index in [1.165, 1.54) is 22.7 Å². The zero-order valence-electron chi connectivity index (χ0n) is 16.3. The molecule has 0 aliphatic carbocycles. The molecule has 2 N–H and O–H groups in total. The third-order valence-corrected chi connectivity index (χ3v) is 5.00. The van der Waals surface area contributed by atoms with E-state index in [0.29, 0.717) is 39.2 Å². The van der Waals surface area contributed by atoms with E-state index in [2.05, 4.69) is 20.1 Å². The van der Waals surface area contributed by atoms with E-state index < -0.39 is 11.9 Å². The first kappa shape index (κ1) is 18.9. The highest BCUT2D eigenvalue weighted by Crippen LogP contribution is 2.30. The molecule has 0 spiro atoms. The summed E-state index contributed by atoms with van der Waals surface area (Å²) in [7, 11) is 0. The third kappa shape index (κ3) is 3.21. The lowest BCUT2D eigenvalue weighted by atomic mass is 10.1. The summed E-state index contributed by atoms with van der Waals surface area (Å²) in [4.78, 5) is 22.8. The van der Waals surface area contributed by atoms with Crippen molar-refractivity contribution < 1.29 is 23.2 Å². The average Bonchev–Trinajstić information content (AvgIpc) is 3.43. The van der Waals surface area contributed by atoms with E-state index >= 15 is 0 Å². The van der Waals surface area contributed by atoms with Gasteiger partial charge in [-0.1, -0.05) is 5.16 Å². The van der Waals surface area contributed by atoms with Crippen molar-refractivity contribution >= 4 is 22.5 Å². The van der Waals surface area contributed by atoms with Crippen LogP contribution in [0.15, 0.2) is 47.2 Å². The van der Waals surface area contributed by atoms with Gasteiger partial charge in [0.05, 0.1) is 0 Å². The maximum absolute atomic E-state index is 13.7. The Morgan fingerprint density at radius 2 is 2.00 bits per heavy atom. The number of nitrogens with one attached hydrogen (secondary N) is 1. The second-order valence-electron chi connectivity index (χ2n) is 7.37. The second-order valence-corrected chi connectivity index (χ2v) is 7.37. The topological polar surface area (TPSA) is 109 Å². The molecule has 8 nitrogen and oxygen atoms in total. The second kappa shape index (κ2) is 6.46. The number of aromatic carboxylic acids is 1. The number of aryl methyl sites for hydroxylation is 1. The van der Waals surface area contributed by atoms with Crippen molar-refractivity contribution in [1.82, 2.24) is 24.5 Å². The summed E-state index contributed by atoms with van der Waals surface area (Å²) < 4.78 is 34.3. The van der Waals surface area contributed by atoms with Crippen LogP contribution in [0.4, 0.5) is 8.78 Å². The van der Waals surface area contributed by atoms with Crippen molar-refractivity contribution in [1.29, 1.82) is 0 Å². The van der Waals surface area contributed by atoms with Gasteiger partial charge in [0.15, 0.2) is 0 Å². The monoisotopic (exact) mass is 423 g/mol. The number of hydrogen-bond acceptors (Lipinski definition) is 5. The van der Waals surface area contributed by atoms with Gasteiger partial charge in [0, 0.05) is 41.3 Å². The fraction of sp³-hybridized carbons (Fsp3) is 0.143. The fourth-order valence-electron chi connectivity index (χ4n) is 3.44. The van der Waals surface area contributed by atoms with Gasteiger partial charge in [0.25, 0.3) is 11.8 Å². The Morgan fingerprint density at radius 3 is 2.74 bits per heavy atom. The first-order chi connectivity index (χ1) is 14.7. The van der Waals surface area contributed by atoms with Crippen molar-refractivity contribution in [2.24, 2.45) is 0 Å². The van der Waals surface area contributed by atoms with E-state index in [1.807, 2.05) is 0 Å². The smallest absolute Gasteiger partial charge is 0.352 e. The Balaban J connectivity index is 1.53. The van der Waals surface area contributed by atoms with Gasteiger partial charge in [-0.05, 0) is 42.8 Å². The molecular weight excluding hydrogens is 408 g/mol. The Labute approximate surface area is 173 Å². The van der Waals surface area contributed by atoms with Gasteiger partial charge in [-0.2, -0.15) is 4.98 Å². The predicted molar refractivity (Wildman–Crippen MR) is 107 cm³/mol. The van der Waals surface area contributed by atoms with Crippen LogP contribution in [0, 0.1) is 6.92 Å². The first-order valence-corrected chi connectivity index (χ1v) is 9.27. The molecule has 4 heterocycles. The lowest BCUT2D eigenvalue weighted by Crippen LogP contribution is -2.08. The molecule has 31 heavy (non-hydrogen) atoms. The molecule has 156 valence electrons. The molecule has 0 aliphatic heterocycles. The predicted octanol–water partition coefficient (Wildman–Crippen LogP) is 4.65. The van der Waals surface area contributed by atoms with E-state index in [4.69, 9.17) is 9.63 Å². The zero-order chi connectivity index (χ0) is 21.9. The van der Waals surface area contributed by atoms with Crippen LogP contribution in [-0.4, -0.2) is 35.6 Å². The number of halogens is 2. The quantitative estimate of drug-likeness (QED) is 0.435. The van der Waals surface area contributed by atoms with Crippen LogP contribution in [0.3, 0.4) is 0 Å². The Hall–Kier alpha value is -4.08. The van der Waals surface area contributed by atoms with Crippen molar-refractivity contribution in [2.75, 3.05) is 0 Å². The summed E-state index contributed by atoms with van der Waals surface area (Å²) in [5, 5.41) is 13.8. The van der Waals surface area contributed by atoms with Crippen LogP contribution in [-0.2, 0) is 5.92 Å². The Kier molecular flexibility index (Phi) is 3.94. The molecule has 0 atom stereocenters. The molecule has 0 saturated heterocycles. The summed E-state index contributed by atoms with van der Waals surface area (Å²) in [6.45, 7) is 2.55. The van der Waals surface area contributed by atoms with Crippen LogP contribution in [0.5, 0.6) is 0 Å². The lowest BCUT2D eigenvalue weighted by Gasteiger charge is -2.11. The maximum Gasteiger partial charge on any atom is 0.352 e. The maximum atomic E-state index is 13.7. The number of aromatic amines is 1. The molecule has 0 unspecified atom stereocenters. The number of carboxylic acids is 1. The summed E-state index contributed by atoms with van der Waals surface area (Å²) in [5.41, 5.74) is 2.73. The van der Waals surface area contributed by atoms with Gasteiger partial charge < -0.3 is 19.0 Å². The number of pyridine rings is 1. The van der Waals surface area contributed by atoms with Gasteiger partial charge in [-0.3, -0.25) is 0 Å². The number of carboxylic acid groups (broad SMARTS) is 1. The van der Waals surface area contributed by atoms with Crippen molar-refractivity contribution in [3.05, 3.63) is 59.5 Å². The average molecular weight is 423 g/mol. The minimum absolute atomic E-state index is 0.0815. The van der Waals surface area contributed by atoms with Crippen molar-refractivity contribution in [3.63, 3.8) is 0 Å². The number of rotatable bonds is 4. The highest BCUT2D eigenvalue weighted by atomic mass is 19.3. The number of H-pyrrole nitrogens is 1. The molecular formula is C21H15F2N5O3. The normalized spacial score (nSPS) is 12.1. The molecule has 1 aromatic carbocycles. The van der Waals surface area contributed by atoms with Gasteiger partial charge >= 0.3 is 5.97 Å². The SMILES string of the molecule is Cc1cc(C(C)(F)F)cn2cc(-c3nc(-c4ccc5[nH]c(C(=O)O)cc5c4)no3)nc12. The number of aromatic nitrogens is 5. The minimum atomic E-state index is -2.97. The summed E-state index contributed by atoms with van der Waals surface area (Å²) in [6, 6.07) is 8.14. The van der Waals surface area contributed by atoms with Crippen LogP contribution in [0.25, 0.3) is 39.5 Å². The van der Waals surface area contributed by atoms with Crippen LogP contribution >= 0.6 is 0 Å². The van der Waals surface area contributed by atoms with E-state index in [-0.39, 0.29) is 17.1 Å². The number of alkyl halides is 2. The standard InChI is InChI=1S/C21H15F2N5O3/c1-10-5-13(21(2,22)23)8-28-9-16(25-18(10)28)19-26-17(27-31-19)11-3-4-14-12(6-11)7-15(24-14)20(29)30/h3-9,24H,1-2H3,(H,29,30). The first-order valence-electron chi connectivity index (χ1n) is 9.27. The van der Waals surface area contributed by atoms with Crippen LogP contribution < -0.4 is 0 Å². The fourth-order valence-corrected chi connectivity index (χ4v) is 3.44. The number of hydrogen-bond donors (Lipinski definition) is 2. The highest BCUT2D eigenvalue weighted by Gasteiger charge is 2.26. The molecule has 0 aliphatic rings. The lowest BCUT2D eigenvalue weighted by molar-refractivity contribution is 0.0170. The van der Waals surface area contributed by atoms with Gasteiger partial charge in [-0.15, -0.1) is 0 Å². The number of nitrogens with zero attached hydrogens (tertiary/aromatic N) is 4. The summed E-state index contributed by atoms with van der Waals surface area (Å²) >= 11 is 0. The third-order valence-electron chi connectivity index (χ3n) is 5.00. The van der Waals surface area contributed by atoms with E-state index in [1.54, 1.807) is 31.3 Å². The Bertz CT molecular complexity index is 1480.